The molecule has 1 atom stereocenters. The van der Waals surface area contributed by atoms with Crippen molar-refractivity contribution in [3.63, 3.8) is 0 Å². The number of aliphatic imine (C=N–C) groups is 1. The number of guanidine groups is 1. The number of likely N-dealkylation sites (tertiary alicyclic amines) is 1. The molecule has 0 aliphatic carbocycles. The summed E-state index contributed by atoms with van der Waals surface area (Å²) in [6.45, 7) is 4.79. The standard InChI is InChI=1S/C33H49N9O3/c1-40(2)16-17-45-29-9-7-8-28(41(3)4)25(29)21-42-14-11-23(12-15-42)33(34)26-18-30(43-5)31(44-6)19-27(26)38-32(39-33)36-13-10-24-20-35-22-37-24/h7-9,18-20,22-23H,10-17,21,34H2,1-6H3,(H,35,37)(H2,36,38,39). The third-order valence-corrected chi connectivity index (χ3v) is 8.72. The number of likely N-dealkylation sites (N-methyl/N-ethyl adjacent to an activating group) is 1. The minimum absolute atomic E-state index is 0.122. The number of benzene rings is 2. The zero-order chi connectivity index (χ0) is 32.0. The van der Waals surface area contributed by atoms with E-state index in [4.69, 9.17) is 24.9 Å². The molecular formula is C33H49N9O3. The molecule has 2 aromatic carbocycles. The van der Waals surface area contributed by atoms with Crippen LogP contribution in [0.15, 0.2) is 47.8 Å². The van der Waals surface area contributed by atoms with Crippen LogP contribution in [0, 0.1) is 5.92 Å². The largest absolute Gasteiger partial charge is 0.493 e. The zero-order valence-electron chi connectivity index (χ0n) is 27.5. The first-order chi connectivity index (χ1) is 21.7. The summed E-state index contributed by atoms with van der Waals surface area (Å²) < 4.78 is 17.6. The maximum absolute atomic E-state index is 7.35. The van der Waals surface area contributed by atoms with Gasteiger partial charge in [0.1, 0.15) is 18.0 Å². The maximum Gasteiger partial charge on any atom is 0.198 e. The number of H-pyrrole nitrogens is 1. The first-order valence-corrected chi connectivity index (χ1v) is 15.6. The van der Waals surface area contributed by atoms with Crippen LogP contribution in [0.25, 0.3) is 0 Å². The lowest BCUT2D eigenvalue weighted by Crippen LogP contribution is -2.52. The third kappa shape index (κ3) is 7.46. The quantitative estimate of drug-likeness (QED) is 0.227. The SMILES string of the molecule is COc1cc2c(cc1OC)C(N)(C1CCN(Cc3c(OCCN(C)C)cccc3N(C)C)CC1)N=C(NCCc1cnc[nH]1)N2. The minimum atomic E-state index is -0.940. The van der Waals surface area contributed by atoms with Crippen LogP contribution < -0.4 is 35.5 Å². The van der Waals surface area contributed by atoms with Gasteiger partial charge in [-0.1, -0.05) is 6.07 Å². The fourth-order valence-electron chi connectivity index (χ4n) is 6.21. The average molecular weight is 620 g/mol. The molecule has 0 saturated carbocycles. The number of aromatic nitrogens is 2. The van der Waals surface area contributed by atoms with E-state index in [-0.39, 0.29) is 5.92 Å². The van der Waals surface area contributed by atoms with Gasteiger partial charge in [0, 0.05) is 80.8 Å². The van der Waals surface area contributed by atoms with Gasteiger partial charge in [-0.05, 0) is 58.2 Å². The van der Waals surface area contributed by atoms with Crippen molar-refractivity contribution in [1.29, 1.82) is 0 Å². The predicted molar refractivity (Wildman–Crippen MR) is 180 cm³/mol. The minimum Gasteiger partial charge on any atom is -0.493 e. The van der Waals surface area contributed by atoms with Crippen molar-refractivity contribution < 1.29 is 14.2 Å². The summed E-state index contributed by atoms with van der Waals surface area (Å²) in [7, 11) is 11.6. The topological polar surface area (TPSA) is 129 Å². The van der Waals surface area contributed by atoms with E-state index in [0.29, 0.717) is 30.6 Å². The summed E-state index contributed by atoms with van der Waals surface area (Å²) >= 11 is 0. The number of fused-ring (bicyclic) bond motifs is 1. The molecule has 2 aliphatic rings. The van der Waals surface area contributed by atoms with Crippen LogP contribution in [0.5, 0.6) is 17.2 Å². The van der Waals surface area contributed by atoms with Gasteiger partial charge in [-0.3, -0.25) is 4.90 Å². The normalized spacial score (nSPS) is 18.6. The van der Waals surface area contributed by atoms with E-state index in [0.717, 1.165) is 68.1 Å². The number of nitrogens with one attached hydrogen (secondary N) is 3. The average Bonchev–Trinajstić information content (AvgIpc) is 3.55. The van der Waals surface area contributed by atoms with Crippen molar-refractivity contribution in [3.05, 3.63) is 59.7 Å². The highest BCUT2D eigenvalue weighted by Gasteiger charge is 2.43. The molecule has 45 heavy (non-hydrogen) atoms. The second-order valence-electron chi connectivity index (χ2n) is 12.3. The molecule has 12 heteroatoms. The van der Waals surface area contributed by atoms with E-state index in [1.807, 2.05) is 18.3 Å². The van der Waals surface area contributed by atoms with Crippen LogP contribution in [-0.2, 0) is 18.6 Å². The predicted octanol–water partition coefficient (Wildman–Crippen LogP) is 3.07. The first kappa shape index (κ1) is 32.4. The molecular weight excluding hydrogens is 570 g/mol. The van der Waals surface area contributed by atoms with Crippen molar-refractivity contribution in [1.82, 2.24) is 25.1 Å². The number of methoxy groups -OCH3 is 2. The van der Waals surface area contributed by atoms with Crippen molar-refractivity contribution in [3.8, 4) is 17.2 Å². The van der Waals surface area contributed by atoms with Crippen LogP contribution in [0.3, 0.4) is 0 Å². The summed E-state index contributed by atoms with van der Waals surface area (Å²) in [4.78, 5) is 19.2. The van der Waals surface area contributed by atoms with Crippen molar-refractivity contribution in [2.75, 3.05) is 85.4 Å². The Hall–Kier alpha value is -4.00. The lowest BCUT2D eigenvalue weighted by molar-refractivity contribution is 0.124. The van der Waals surface area contributed by atoms with E-state index in [2.05, 4.69) is 81.7 Å². The Kier molecular flexibility index (Phi) is 10.4. The number of nitrogens with zero attached hydrogens (tertiary/aromatic N) is 5. The zero-order valence-corrected chi connectivity index (χ0v) is 27.5. The lowest BCUT2D eigenvalue weighted by Gasteiger charge is -2.43. The molecule has 3 aromatic rings. The van der Waals surface area contributed by atoms with Crippen LogP contribution in [0.2, 0.25) is 0 Å². The molecule has 12 nitrogen and oxygen atoms in total. The number of piperidine rings is 1. The van der Waals surface area contributed by atoms with Crippen LogP contribution in [0.4, 0.5) is 11.4 Å². The Morgan fingerprint density at radius 2 is 1.82 bits per heavy atom. The Morgan fingerprint density at radius 1 is 1.07 bits per heavy atom. The fourth-order valence-corrected chi connectivity index (χ4v) is 6.21. The van der Waals surface area contributed by atoms with Crippen molar-refractivity contribution >= 4 is 17.3 Å². The lowest BCUT2D eigenvalue weighted by atomic mass is 9.79. The number of hydrogen-bond donors (Lipinski definition) is 4. The number of imidazole rings is 1. The molecule has 0 spiro atoms. The molecule has 3 heterocycles. The molecule has 244 valence electrons. The highest BCUT2D eigenvalue weighted by molar-refractivity contribution is 5.97. The van der Waals surface area contributed by atoms with Crippen LogP contribution in [0.1, 0.15) is 29.7 Å². The second-order valence-corrected chi connectivity index (χ2v) is 12.3. The van der Waals surface area contributed by atoms with Gasteiger partial charge in [0.05, 0.1) is 26.2 Å². The highest BCUT2D eigenvalue weighted by Crippen LogP contribution is 2.45. The van der Waals surface area contributed by atoms with Gasteiger partial charge in [0.25, 0.3) is 0 Å². The summed E-state index contributed by atoms with van der Waals surface area (Å²) in [6, 6.07) is 10.3. The highest BCUT2D eigenvalue weighted by atomic mass is 16.5. The van der Waals surface area contributed by atoms with Crippen LogP contribution in [-0.4, -0.2) is 101 Å². The van der Waals surface area contributed by atoms with Gasteiger partial charge in [0.2, 0.25) is 0 Å². The van der Waals surface area contributed by atoms with Crippen LogP contribution >= 0.6 is 0 Å². The molecule has 5 N–H and O–H groups in total. The molecule has 5 rings (SSSR count). The summed E-state index contributed by atoms with van der Waals surface area (Å²) in [5.41, 5.74) is 11.6. The van der Waals surface area contributed by atoms with E-state index in [9.17, 15) is 0 Å². The summed E-state index contributed by atoms with van der Waals surface area (Å²) in [5.74, 6) is 3.00. The molecule has 2 aliphatic heterocycles. The number of ether oxygens (including phenoxy) is 3. The first-order valence-electron chi connectivity index (χ1n) is 15.6. The van der Waals surface area contributed by atoms with E-state index in [1.165, 1.54) is 11.3 Å². The molecule has 1 saturated heterocycles. The van der Waals surface area contributed by atoms with Gasteiger partial charge in [-0.2, -0.15) is 0 Å². The number of nitrogens with two attached hydrogens (primary N) is 1. The Balaban J connectivity index is 1.35. The third-order valence-electron chi connectivity index (χ3n) is 8.72. The molecule has 1 unspecified atom stereocenters. The summed E-state index contributed by atoms with van der Waals surface area (Å²) in [6.07, 6.45) is 6.11. The van der Waals surface area contributed by atoms with Gasteiger partial charge in [-0.25, -0.2) is 9.98 Å². The van der Waals surface area contributed by atoms with Gasteiger partial charge >= 0.3 is 0 Å². The molecule has 1 aromatic heterocycles. The Morgan fingerprint density at radius 3 is 2.49 bits per heavy atom. The molecule has 1 fully saturated rings. The fraction of sp³-hybridized carbons (Fsp3) is 0.515. The monoisotopic (exact) mass is 619 g/mol. The van der Waals surface area contributed by atoms with Gasteiger partial charge < -0.3 is 45.4 Å². The summed E-state index contributed by atoms with van der Waals surface area (Å²) in [5, 5.41) is 6.91. The molecule has 0 radical (unpaired) electrons. The maximum atomic E-state index is 7.35. The van der Waals surface area contributed by atoms with Gasteiger partial charge in [-0.15, -0.1) is 0 Å². The number of aromatic amines is 1. The van der Waals surface area contributed by atoms with E-state index in [1.54, 1.807) is 20.5 Å². The van der Waals surface area contributed by atoms with Crippen molar-refractivity contribution in [2.45, 2.75) is 31.5 Å². The number of rotatable bonds is 13. The van der Waals surface area contributed by atoms with Gasteiger partial charge in [0.15, 0.2) is 17.5 Å². The smallest absolute Gasteiger partial charge is 0.198 e. The number of hydrogen-bond acceptors (Lipinski definition) is 11. The van der Waals surface area contributed by atoms with Crippen molar-refractivity contribution in [2.24, 2.45) is 16.6 Å². The Labute approximate surface area is 266 Å². The second kappa shape index (κ2) is 14.4. The van der Waals surface area contributed by atoms with E-state index >= 15 is 0 Å². The van der Waals surface area contributed by atoms with E-state index < -0.39 is 5.66 Å². The molecule has 0 amide bonds. The number of anilines is 2. The molecule has 0 bridgehead atoms. The Bertz CT molecular complexity index is 1440.